The van der Waals surface area contributed by atoms with Crippen LogP contribution in [0.4, 0.5) is 9.18 Å². The molecule has 5 nitrogen and oxygen atoms in total. The highest BCUT2D eigenvalue weighted by Crippen LogP contribution is 2.19. The van der Waals surface area contributed by atoms with E-state index in [1.807, 2.05) is 0 Å². The van der Waals surface area contributed by atoms with Crippen LogP contribution in [0.1, 0.15) is 52.5 Å². The minimum atomic E-state index is -0.650. The number of benzene rings is 1. The predicted molar refractivity (Wildman–Crippen MR) is 94.4 cm³/mol. The van der Waals surface area contributed by atoms with Gasteiger partial charge in [-0.1, -0.05) is 25.8 Å². The minimum Gasteiger partial charge on any atom is -0.491 e. The van der Waals surface area contributed by atoms with Crippen LogP contribution in [0.3, 0.4) is 0 Å². The number of hydrogen-bond donors (Lipinski definition) is 1. The fourth-order valence-electron chi connectivity index (χ4n) is 2.08. The van der Waals surface area contributed by atoms with Crippen LogP contribution < -0.4 is 10.1 Å². The Morgan fingerprint density at radius 1 is 1.20 bits per heavy atom. The summed E-state index contributed by atoms with van der Waals surface area (Å²) < 4.78 is 24.4. The number of hydrogen-bond acceptors (Lipinski definition) is 4. The van der Waals surface area contributed by atoms with E-state index in [9.17, 15) is 14.0 Å². The van der Waals surface area contributed by atoms with E-state index >= 15 is 0 Å². The van der Waals surface area contributed by atoms with Gasteiger partial charge >= 0.3 is 6.09 Å². The zero-order valence-electron chi connectivity index (χ0n) is 15.5. The Labute approximate surface area is 148 Å². The Kier molecular flexibility index (Phi) is 8.38. The van der Waals surface area contributed by atoms with Crippen LogP contribution in [0.2, 0.25) is 0 Å². The van der Waals surface area contributed by atoms with Crippen molar-refractivity contribution >= 4 is 11.9 Å². The van der Waals surface area contributed by atoms with Gasteiger partial charge in [0.1, 0.15) is 5.60 Å². The van der Waals surface area contributed by atoms with E-state index in [0.29, 0.717) is 12.2 Å². The van der Waals surface area contributed by atoms with Crippen molar-refractivity contribution in [3.05, 3.63) is 29.6 Å². The molecule has 0 saturated carbocycles. The Morgan fingerprint density at radius 2 is 1.92 bits per heavy atom. The summed E-state index contributed by atoms with van der Waals surface area (Å²) >= 11 is 0. The Balaban J connectivity index is 2.44. The number of carbonyl (C=O) groups is 2. The number of alkyl carbamates (subject to hydrolysis) is 1. The fraction of sp³-hybridized carbons (Fsp3) is 0.579. The smallest absolute Gasteiger partial charge is 0.408 e. The third-order valence-electron chi connectivity index (χ3n) is 3.23. The molecule has 140 valence electrons. The Hall–Kier alpha value is -2.11. The van der Waals surface area contributed by atoms with E-state index in [-0.39, 0.29) is 24.5 Å². The largest absolute Gasteiger partial charge is 0.491 e. The lowest BCUT2D eigenvalue weighted by Crippen LogP contribution is -2.35. The second kappa shape index (κ2) is 10.0. The molecular weight excluding hydrogens is 325 g/mol. The maximum atomic E-state index is 14.0. The second-order valence-electron chi connectivity index (χ2n) is 6.89. The number of amides is 1. The molecule has 0 aromatic heterocycles. The molecule has 25 heavy (non-hydrogen) atoms. The summed E-state index contributed by atoms with van der Waals surface area (Å²) in [4.78, 5) is 23.4. The predicted octanol–water partition coefficient (Wildman–Crippen LogP) is 4.03. The van der Waals surface area contributed by atoms with Gasteiger partial charge in [0.15, 0.2) is 17.3 Å². The zero-order valence-corrected chi connectivity index (χ0v) is 15.5. The van der Waals surface area contributed by atoms with Crippen molar-refractivity contribution in [2.24, 2.45) is 0 Å². The molecule has 0 fully saturated rings. The molecule has 0 unspecified atom stereocenters. The Morgan fingerprint density at radius 3 is 2.52 bits per heavy atom. The topological polar surface area (TPSA) is 64.6 Å². The van der Waals surface area contributed by atoms with Crippen molar-refractivity contribution in [3.63, 3.8) is 0 Å². The van der Waals surface area contributed by atoms with E-state index in [1.54, 1.807) is 26.8 Å². The standard InChI is InChI=1S/C19H28FNO4/c1-5-6-7-10-24-17-9-8-14(12-16(17)20)11-15(22)13-21-18(23)25-19(2,3)4/h8-9,12H,5-7,10-11,13H2,1-4H3,(H,21,23). The monoisotopic (exact) mass is 353 g/mol. The van der Waals surface area contributed by atoms with Crippen LogP contribution in [-0.2, 0) is 16.0 Å². The van der Waals surface area contributed by atoms with Gasteiger partial charge in [0.05, 0.1) is 13.2 Å². The maximum absolute atomic E-state index is 14.0. The van der Waals surface area contributed by atoms with Gasteiger partial charge in [-0.2, -0.15) is 0 Å². The van der Waals surface area contributed by atoms with E-state index < -0.39 is 17.5 Å². The average molecular weight is 353 g/mol. The number of unbranched alkanes of at least 4 members (excludes halogenated alkanes) is 2. The van der Waals surface area contributed by atoms with E-state index in [2.05, 4.69) is 12.2 Å². The molecule has 1 aromatic rings. The molecule has 0 radical (unpaired) electrons. The summed E-state index contributed by atoms with van der Waals surface area (Å²) in [5.74, 6) is -0.525. The molecule has 0 aliphatic carbocycles. The highest BCUT2D eigenvalue weighted by Gasteiger charge is 2.17. The second-order valence-corrected chi connectivity index (χ2v) is 6.89. The zero-order chi connectivity index (χ0) is 18.9. The molecule has 0 atom stereocenters. The molecule has 1 amide bonds. The molecule has 6 heteroatoms. The number of Topliss-reactive ketones (excluding diaryl/α,β-unsaturated/α-hetero) is 1. The van der Waals surface area contributed by atoms with Crippen molar-refractivity contribution in [3.8, 4) is 5.75 Å². The summed E-state index contributed by atoms with van der Waals surface area (Å²) in [7, 11) is 0. The molecule has 1 N–H and O–H groups in total. The van der Waals surface area contributed by atoms with Crippen LogP contribution in [-0.4, -0.2) is 30.6 Å². The lowest BCUT2D eigenvalue weighted by molar-refractivity contribution is -0.117. The van der Waals surface area contributed by atoms with Crippen LogP contribution in [0.25, 0.3) is 0 Å². The van der Waals surface area contributed by atoms with Crippen molar-refractivity contribution in [2.45, 2.75) is 59.0 Å². The van der Waals surface area contributed by atoms with Crippen LogP contribution in [0, 0.1) is 5.82 Å². The number of nitrogens with one attached hydrogen (secondary N) is 1. The molecule has 0 aliphatic rings. The van der Waals surface area contributed by atoms with Gasteiger partial charge in [0.2, 0.25) is 0 Å². The SMILES string of the molecule is CCCCCOc1ccc(CC(=O)CNC(=O)OC(C)(C)C)cc1F. The summed E-state index contributed by atoms with van der Waals surface area (Å²) in [6.07, 6.45) is 2.38. The molecular formula is C19H28FNO4. The van der Waals surface area contributed by atoms with Crippen molar-refractivity contribution in [1.82, 2.24) is 5.32 Å². The molecule has 0 heterocycles. The van der Waals surface area contributed by atoms with Gasteiger partial charge in [-0.3, -0.25) is 4.79 Å². The van der Waals surface area contributed by atoms with Crippen LogP contribution >= 0.6 is 0 Å². The molecule has 0 saturated heterocycles. The summed E-state index contributed by atoms with van der Waals surface area (Å²) in [6, 6.07) is 4.48. The Bertz CT molecular complexity index is 581. The molecule has 0 bridgehead atoms. The summed E-state index contributed by atoms with van der Waals surface area (Å²) in [5.41, 5.74) is -0.0853. The molecule has 0 spiro atoms. The normalized spacial score (nSPS) is 11.1. The van der Waals surface area contributed by atoms with Gasteiger partial charge < -0.3 is 14.8 Å². The third kappa shape index (κ3) is 9.08. The third-order valence-corrected chi connectivity index (χ3v) is 3.23. The highest BCUT2D eigenvalue weighted by molar-refractivity contribution is 5.85. The first-order valence-electron chi connectivity index (χ1n) is 8.61. The number of ether oxygens (including phenoxy) is 2. The van der Waals surface area contributed by atoms with Crippen LogP contribution in [0.5, 0.6) is 5.75 Å². The van der Waals surface area contributed by atoms with Crippen molar-refractivity contribution < 1.29 is 23.5 Å². The van der Waals surface area contributed by atoms with Crippen LogP contribution in [0.15, 0.2) is 18.2 Å². The first kappa shape index (κ1) is 20.9. The molecule has 1 rings (SSSR count). The van der Waals surface area contributed by atoms with Crippen molar-refractivity contribution in [2.75, 3.05) is 13.2 Å². The van der Waals surface area contributed by atoms with E-state index in [1.165, 1.54) is 12.1 Å². The summed E-state index contributed by atoms with van der Waals surface area (Å²) in [6.45, 7) is 7.62. The van der Waals surface area contributed by atoms with E-state index in [4.69, 9.17) is 9.47 Å². The van der Waals surface area contributed by atoms with Gasteiger partial charge in [-0.05, 0) is 44.9 Å². The average Bonchev–Trinajstić information content (AvgIpc) is 2.50. The first-order chi connectivity index (χ1) is 11.7. The maximum Gasteiger partial charge on any atom is 0.408 e. The number of ketones is 1. The lowest BCUT2D eigenvalue weighted by Gasteiger charge is -2.19. The van der Waals surface area contributed by atoms with Gasteiger partial charge in [-0.25, -0.2) is 9.18 Å². The highest BCUT2D eigenvalue weighted by atomic mass is 19.1. The molecule has 0 aliphatic heterocycles. The quantitative estimate of drug-likeness (QED) is 0.681. The number of rotatable bonds is 9. The first-order valence-corrected chi connectivity index (χ1v) is 8.61. The summed E-state index contributed by atoms with van der Waals surface area (Å²) in [5, 5.41) is 2.40. The number of halogens is 1. The van der Waals surface area contributed by atoms with Gasteiger partial charge in [0.25, 0.3) is 0 Å². The molecule has 1 aromatic carbocycles. The van der Waals surface area contributed by atoms with E-state index in [0.717, 1.165) is 19.3 Å². The fourth-order valence-corrected chi connectivity index (χ4v) is 2.08. The lowest BCUT2D eigenvalue weighted by atomic mass is 10.1. The minimum absolute atomic E-state index is 0.0306. The van der Waals surface area contributed by atoms with Crippen molar-refractivity contribution in [1.29, 1.82) is 0 Å². The number of carbonyl (C=O) groups excluding carboxylic acids is 2. The van der Waals surface area contributed by atoms with Gasteiger partial charge in [0, 0.05) is 6.42 Å². The van der Waals surface area contributed by atoms with Gasteiger partial charge in [-0.15, -0.1) is 0 Å².